The van der Waals surface area contributed by atoms with Crippen LogP contribution >= 0.6 is 0 Å². The van der Waals surface area contributed by atoms with Crippen molar-refractivity contribution < 1.29 is 43.4 Å². The summed E-state index contributed by atoms with van der Waals surface area (Å²) in [6, 6.07) is 19.6. The molecule has 0 atom stereocenters. The zero-order valence-electron chi connectivity index (χ0n) is 18.1. The average Bonchev–Trinajstić information content (AvgIpc) is 2.85. The molecule has 0 saturated heterocycles. The minimum atomic E-state index is -4.40. The molecule has 4 aromatic rings. The van der Waals surface area contributed by atoms with Crippen molar-refractivity contribution in [1.29, 1.82) is 0 Å². The largest absolute Gasteiger partial charge is 0.296 e. The van der Waals surface area contributed by atoms with Crippen LogP contribution in [0.3, 0.4) is 0 Å². The van der Waals surface area contributed by atoms with Gasteiger partial charge in [-0.25, -0.2) is 8.42 Å². The molecular formula is C22H18FN5O6PdS. The minimum Gasteiger partial charge on any atom is -0.279 e. The zero-order chi connectivity index (χ0) is 24.6. The van der Waals surface area contributed by atoms with E-state index in [2.05, 4.69) is 14.7 Å². The molecule has 14 heteroatoms. The van der Waals surface area contributed by atoms with E-state index in [0.717, 1.165) is 12.1 Å². The molecule has 2 aromatic heterocycles. The first-order valence-corrected chi connectivity index (χ1v) is 11.1. The van der Waals surface area contributed by atoms with Crippen molar-refractivity contribution in [2.45, 2.75) is 4.90 Å². The summed E-state index contributed by atoms with van der Waals surface area (Å²) in [7, 11) is -4.40. The summed E-state index contributed by atoms with van der Waals surface area (Å²) in [4.78, 5) is 27.6. The molecule has 2 aromatic carbocycles. The Labute approximate surface area is 218 Å². The number of nitro benzene ring substituents is 2. The third-order valence-electron chi connectivity index (χ3n) is 4.32. The van der Waals surface area contributed by atoms with Crippen molar-refractivity contribution >= 4 is 27.1 Å². The number of rotatable bonds is 6. The van der Waals surface area contributed by atoms with E-state index in [-0.39, 0.29) is 30.8 Å². The third kappa shape index (κ3) is 7.70. The van der Waals surface area contributed by atoms with Crippen LogP contribution in [0, 0.1) is 20.2 Å². The zero-order valence-corrected chi connectivity index (χ0v) is 20.5. The van der Waals surface area contributed by atoms with Crippen LogP contribution in [0.1, 0.15) is 0 Å². The molecule has 0 aliphatic rings. The van der Waals surface area contributed by atoms with Gasteiger partial charge in [-0.15, -0.1) is 0 Å². The Hall–Kier alpha value is -4.12. The Morgan fingerprint density at radius 2 is 1.42 bits per heavy atom. The predicted octanol–water partition coefficient (Wildman–Crippen LogP) is 4.60. The van der Waals surface area contributed by atoms with E-state index < -0.39 is 36.1 Å². The van der Waals surface area contributed by atoms with E-state index in [0.29, 0.717) is 17.3 Å². The van der Waals surface area contributed by atoms with Gasteiger partial charge < -0.3 is 0 Å². The molecule has 11 nitrogen and oxygen atoms in total. The molecule has 0 aliphatic carbocycles. The van der Waals surface area contributed by atoms with Gasteiger partial charge in [0.2, 0.25) is 0 Å². The number of hydrogen-bond donors (Lipinski definition) is 1. The number of halogens is 1. The number of para-hydroxylation sites is 1. The molecule has 0 amide bonds. The monoisotopic (exact) mass is 605 g/mol. The Balaban J connectivity index is 0.000000711. The van der Waals surface area contributed by atoms with Gasteiger partial charge in [0.05, 0.1) is 27.3 Å². The number of nitrogens with one attached hydrogen (secondary N) is 1. The Bertz CT molecular complexity index is 1390. The smallest absolute Gasteiger partial charge is 0.279 e. The molecule has 4 rings (SSSR count). The first kappa shape index (κ1) is 29.9. The van der Waals surface area contributed by atoms with Crippen molar-refractivity contribution in [2.24, 2.45) is 0 Å². The molecule has 0 bridgehead atoms. The number of hydrogen-bond acceptors (Lipinski definition) is 8. The summed E-state index contributed by atoms with van der Waals surface area (Å²) >= 11 is 0. The molecule has 0 fully saturated rings. The maximum atomic E-state index is 12.8. The van der Waals surface area contributed by atoms with Gasteiger partial charge in [0, 0.05) is 50.6 Å². The van der Waals surface area contributed by atoms with Crippen LogP contribution in [0.2, 0.25) is 0 Å². The van der Waals surface area contributed by atoms with Gasteiger partial charge in [0.1, 0.15) is 0 Å². The van der Waals surface area contributed by atoms with Gasteiger partial charge in [-0.05, 0) is 36.4 Å². The number of aromatic nitrogens is 2. The number of anilines is 1. The molecule has 36 heavy (non-hydrogen) atoms. The summed E-state index contributed by atoms with van der Waals surface area (Å²) in [5.74, 6) is 0. The van der Waals surface area contributed by atoms with Crippen LogP contribution in [0.4, 0.5) is 21.8 Å². The van der Waals surface area contributed by atoms with Gasteiger partial charge in [-0.2, -0.15) is 0 Å². The predicted molar refractivity (Wildman–Crippen MR) is 127 cm³/mol. The molecule has 190 valence electrons. The van der Waals surface area contributed by atoms with Gasteiger partial charge in [0.25, 0.3) is 21.4 Å². The van der Waals surface area contributed by atoms with Crippen LogP contribution < -0.4 is 4.72 Å². The van der Waals surface area contributed by atoms with E-state index in [1.54, 1.807) is 55.0 Å². The number of nitro groups is 2. The number of sulfonamides is 1. The van der Waals surface area contributed by atoms with Crippen molar-refractivity contribution in [3.05, 3.63) is 118 Å². The van der Waals surface area contributed by atoms with Crippen LogP contribution in [0.15, 0.2) is 102 Å². The summed E-state index contributed by atoms with van der Waals surface area (Å²) in [5.41, 5.74) is -0.347. The molecule has 2 heterocycles. The van der Waals surface area contributed by atoms with Crippen LogP contribution in [0.5, 0.6) is 0 Å². The quantitative estimate of drug-likeness (QED) is 0.190. The van der Waals surface area contributed by atoms with Crippen molar-refractivity contribution in [1.82, 2.24) is 9.97 Å². The number of non-ortho nitro benzene ring substituents is 1. The van der Waals surface area contributed by atoms with Crippen molar-refractivity contribution in [2.75, 3.05) is 4.72 Å². The van der Waals surface area contributed by atoms with Gasteiger partial charge in [-0.3, -0.25) is 39.6 Å². The second-order valence-corrected chi connectivity index (χ2v) is 8.21. The van der Waals surface area contributed by atoms with E-state index in [4.69, 9.17) is 0 Å². The van der Waals surface area contributed by atoms with Gasteiger partial charge in [0.15, 0.2) is 4.90 Å². The van der Waals surface area contributed by atoms with E-state index in [1.807, 2.05) is 18.2 Å². The maximum Gasteiger partial charge on any atom is 0.296 e. The number of benzene rings is 2. The summed E-state index contributed by atoms with van der Waals surface area (Å²) < 4.78 is 27.9. The fraction of sp³-hybridized carbons (Fsp3) is 0. The Morgan fingerprint density at radius 3 is 1.94 bits per heavy atom. The number of pyridine rings is 2. The molecule has 0 saturated carbocycles. The Kier molecular flexibility index (Phi) is 11.4. The molecule has 0 aliphatic heterocycles. The fourth-order valence-corrected chi connectivity index (χ4v) is 4.05. The fourth-order valence-electron chi connectivity index (χ4n) is 2.82. The molecule has 0 radical (unpaired) electrons. The van der Waals surface area contributed by atoms with E-state index in [1.165, 1.54) is 6.07 Å². The van der Waals surface area contributed by atoms with Gasteiger partial charge >= 0.3 is 0 Å². The molecule has 1 N–H and O–H groups in total. The topological polar surface area (TPSA) is 158 Å². The minimum absolute atomic E-state index is 0. The normalized spacial score (nSPS) is 9.89. The van der Waals surface area contributed by atoms with E-state index in [9.17, 15) is 28.6 Å². The average molecular weight is 606 g/mol. The van der Waals surface area contributed by atoms with Crippen LogP contribution in [0.25, 0.3) is 11.3 Å². The molecule has 0 spiro atoms. The summed E-state index contributed by atoms with van der Waals surface area (Å²) in [6.07, 6.45) is 5.04. The summed E-state index contributed by atoms with van der Waals surface area (Å²) in [6.45, 7) is 0. The molecular weight excluding hydrogens is 588 g/mol. The first-order chi connectivity index (χ1) is 16.3. The van der Waals surface area contributed by atoms with Crippen molar-refractivity contribution in [3.63, 3.8) is 0 Å². The van der Waals surface area contributed by atoms with Crippen molar-refractivity contribution in [3.8, 4) is 11.3 Å². The second-order valence-electron chi connectivity index (χ2n) is 6.56. The van der Waals surface area contributed by atoms with Crippen LogP contribution in [-0.4, -0.2) is 28.2 Å². The first-order valence-electron chi connectivity index (χ1n) is 9.60. The third-order valence-corrected chi connectivity index (χ3v) is 5.73. The van der Waals surface area contributed by atoms with E-state index >= 15 is 0 Å². The summed E-state index contributed by atoms with van der Waals surface area (Å²) in [5, 5.41) is 22.1. The number of nitrogens with zero attached hydrogens (tertiary/aromatic N) is 4. The maximum absolute atomic E-state index is 12.8. The van der Waals surface area contributed by atoms with Gasteiger partial charge in [-0.1, -0.05) is 30.3 Å². The Morgan fingerprint density at radius 1 is 0.778 bits per heavy atom. The molecule has 0 unspecified atom stereocenters. The SMILES string of the molecule is F.O=[N+]([O-])c1ccc(S(=O)(=O)Nc2ccccc2-c2ccccn2)c([N+](=O)[O-])c1.[Pd].c1ccncc1. The second kappa shape index (κ2) is 13.7. The van der Waals surface area contributed by atoms with Crippen LogP contribution in [-0.2, 0) is 30.4 Å². The standard InChI is InChI=1S/C17H12N4O6S.C5H5N.FH.Pd/c22-20(23)12-8-9-17(16(11-12)21(24)25)28(26,27)19-15-7-2-1-5-13(15)14-6-3-4-10-18-14;1-2-4-6-5-3-1;;/h1-11,19H;1-5H;1H;.